The molecule has 1 aromatic carbocycles. The minimum absolute atomic E-state index is 0.0481. The average molecular weight is 646 g/mol. The first-order chi connectivity index (χ1) is 22.6. The number of imidazole rings is 1. The fourth-order valence-electron chi connectivity index (χ4n) is 5.98. The lowest BCUT2D eigenvalue weighted by Crippen LogP contribution is -2.42. The summed E-state index contributed by atoms with van der Waals surface area (Å²) in [6, 6.07) is 7.24. The molecule has 1 aliphatic carbocycles. The number of benzene rings is 1. The Morgan fingerprint density at radius 1 is 1.06 bits per heavy atom. The molecule has 1 atom stereocenters. The van der Waals surface area contributed by atoms with Crippen LogP contribution in [0.3, 0.4) is 0 Å². The van der Waals surface area contributed by atoms with Gasteiger partial charge < -0.3 is 23.5 Å². The highest BCUT2D eigenvalue weighted by Gasteiger charge is 2.28. The second-order valence-corrected chi connectivity index (χ2v) is 13.4. The first-order valence-electron chi connectivity index (χ1n) is 16.3. The SMILES string of the molecule is COc1cc(C(=O)NNC(=O)Cc2cn3cc(CN(CC4CCC4)C(=O)OC(C)(C)C)ccc3n2)c2cnn(C3CCCCO3)c2c1. The van der Waals surface area contributed by atoms with Gasteiger partial charge in [-0.05, 0) is 76.5 Å². The van der Waals surface area contributed by atoms with Crippen molar-refractivity contribution >= 4 is 34.5 Å². The summed E-state index contributed by atoms with van der Waals surface area (Å²) in [4.78, 5) is 45.4. The largest absolute Gasteiger partial charge is 0.497 e. The summed E-state index contributed by atoms with van der Waals surface area (Å²) in [5.74, 6) is 0.0632. The van der Waals surface area contributed by atoms with Crippen molar-refractivity contribution in [3.05, 3.63) is 59.7 Å². The van der Waals surface area contributed by atoms with Gasteiger partial charge in [0.15, 0.2) is 6.23 Å². The number of hydrazine groups is 1. The molecule has 1 saturated carbocycles. The third kappa shape index (κ3) is 7.67. The van der Waals surface area contributed by atoms with E-state index in [1.54, 1.807) is 28.0 Å². The Bertz CT molecular complexity index is 1760. The first-order valence-corrected chi connectivity index (χ1v) is 16.3. The summed E-state index contributed by atoms with van der Waals surface area (Å²) in [5.41, 5.74) is 7.61. The van der Waals surface area contributed by atoms with Crippen LogP contribution in [0.4, 0.5) is 4.79 Å². The number of fused-ring (bicyclic) bond motifs is 2. The maximum absolute atomic E-state index is 13.2. The van der Waals surface area contributed by atoms with Crippen LogP contribution in [0.1, 0.15) is 87.1 Å². The summed E-state index contributed by atoms with van der Waals surface area (Å²) < 4.78 is 20.7. The number of carbonyl (C=O) groups excluding carboxylic acids is 3. The van der Waals surface area contributed by atoms with Gasteiger partial charge in [-0.1, -0.05) is 12.5 Å². The summed E-state index contributed by atoms with van der Waals surface area (Å²) in [7, 11) is 1.53. The van der Waals surface area contributed by atoms with E-state index in [0.29, 0.717) is 59.2 Å². The zero-order valence-electron chi connectivity index (χ0n) is 27.5. The van der Waals surface area contributed by atoms with E-state index in [-0.39, 0.29) is 18.7 Å². The molecule has 4 heterocycles. The molecular weight excluding hydrogens is 602 g/mol. The molecular formula is C34H43N7O6. The molecule has 4 aromatic rings. The Morgan fingerprint density at radius 2 is 1.89 bits per heavy atom. The van der Waals surface area contributed by atoms with Crippen molar-refractivity contribution < 1.29 is 28.6 Å². The molecule has 3 amide bonds. The lowest BCUT2D eigenvalue weighted by atomic mass is 9.85. The number of hydrogen-bond acceptors (Lipinski definition) is 8. The summed E-state index contributed by atoms with van der Waals surface area (Å²) in [5, 5.41) is 5.13. The highest BCUT2D eigenvalue weighted by Crippen LogP contribution is 2.31. The third-order valence-electron chi connectivity index (χ3n) is 8.55. The number of pyridine rings is 1. The molecule has 13 heteroatoms. The van der Waals surface area contributed by atoms with Gasteiger partial charge in [-0.2, -0.15) is 5.10 Å². The van der Waals surface area contributed by atoms with Gasteiger partial charge in [0.25, 0.3) is 5.91 Å². The number of methoxy groups -OCH3 is 1. The fraction of sp³-hybridized carbons (Fsp3) is 0.500. The molecule has 47 heavy (non-hydrogen) atoms. The van der Waals surface area contributed by atoms with E-state index >= 15 is 0 Å². The number of ether oxygens (including phenoxy) is 3. The number of carbonyl (C=O) groups is 3. The van der Waals surface area contributed by atoms with Gasteiger partial charge in [0, 0.05) is 37.0 Å². The number of rotatable bonds is 9. The smallest absolute Gasteiger partial charge is 0.410 e. The molecule has 1 saturated heterocycles. The standard InChI is InChI=1S/C34H43N7O6/c1-34(2,3)47-33(44)40(18-22-8-7-9-22)20-23-11-12-29-36-24(21-39(29)19-23)14-30(42)37-38-32(43)26-15-25(45-4)16-28-27(26)17-35-41(28)31-10-5-6-13-46-31/h11-12,15-17,19,21-22,31H,5-10,13-14,18,20H2,1-4H3,(H,37,42)(H,38,43). The fourth-order valence-corrected chi connectivity index (χ4v) is 5.98. The topological polar surface area (TPSA) is 141 Å². The van der Waals surface area contributed by atoms with Crippen LogP contribution in [0.2, 0.25) is 0 Å². The zero-order chi connectivity index (χ0) is 33.1. The number of hydrogen-bond donors (Lipinski definition) is 2. The maximum atomic E-state index is 13.2. The van der Waals surface area contributed by atoms with Gasteiger partial charge in [0.05, 0.1) is 43.0 Å². The van der Waals surface area contributed by atoms with Crippen molar-refractivity contribution in [3.8, 4) is 5.75 Å². The molecule has 0 spiro atoms. The third-order valence-corrected chi connectivity index (χ3v) is 8.55. The quantitative estimate of drug-likeness (QED) is 0.244. The van der Waals surface area contributed by atoms with Crippen molar-refractivity contribution in [2.45, 2.75) is 84.1 Å². The molecule has 0 radical (unpaired) electrons. The second-order valence-electron chi connectivity index (χ2n) is 13.4. The molecule has 1 unspecified atom stereocenters. The highest BCUT2D eigenvalue weighted by molar-refractivity contribution is 6.07. The van der Waals surface area contributed by atoms with Crippen LogP contribution in [0, 0.1) is 5.92 Å². The van der Waals surface area contributed by atoms with Crippen LogP contribution >= 0.6 is 0 Å². The van der Waals surface area contributed by atoms with Crippen molar-refractivity contribution in [2.24, 2.45) is 5.92 Å². The predicted octanol–water partition coefficient (Wildman–Crippen LogP) is 4.93. The van der Waals surface area contributed by atoms with Gasteiger partial charge in [-0.25, -0.2) is 14.5 Å². The predicted molar refractivity (Wildman–Crippen MR) is 174 cm³/mol. The number of aromatic nitrogens is 4. The zero-order valence-corrected chi connectivity index (χ0v) is 27.5. The van der Waals surface area contributed by atoms with E-state index < -0.39 is 17.4 Å². The lowest BCUT2D eigenvalue weighted by molar-refractivity contribution is -0.121. The molecule has 250 valence electrons. The second kappa shape index (κ2) is 13.6. The van der Waals surface area contributed by atoms with Crippen LogP contribution in [0.25, 0.3) is 16.6 Å². The highest BCUT2D eigenvalue weighted by atomic mass is 16.6. The van der Waals surface area contributed by atoms with Crippen molar-refractivity contribution in [1.82, 2.24) is 34.9 Å². The van der Waals surface area contributed by atoms with Crippen LogP contribution < -0.4 is 15.6 Å². The minimum atomic E-state index is -0.578. The molecule has 3 aromatic heterocycles. The normalized spacial score (nSPS) is 16.9. The van der Waals surface area contributed by atoms with E-state index in [1.807, 2.05) is 49.6 Å². The number of amides is 3. The van der Waals surface area contributed by atoms with Crippen molar-refractivity contribution in [2.75, 3.05) is 20.3 Å². The van der Waals surface area contributed by atoms with E-state index in [2.05, 4.69) is 20.9 Å². The molecule has 6 rings (SSSR count). The van der Waals surface area contributed by atoms with Gasteiger partial charge in [0.1, 0.15) is 17.0 Å². The van der Waals surface area contributed by atoms with E-state index in [9.17, 15) is 14.4 Å². The van der Waals surface area contributed by atoms with E-state index in [1.165, 1.54) is 13.5 Å². The summed E-state index contributed by atoms with van der Waals surface area (Å²) >= 11 is 0. The Balaban J connectivity index is 1.10. The van der Waals surface area contributed by atoms with Gasteiger partial charge >= 0.3 is 6.09 Å². The maximum Gasteiger partial charge on any atom is 0.410 e. The minimum Gasteiger partial charge on any atom is -0.497 e. The number of nitrogens with one attached hydrogen (secondary N) is 2. The van der Waals surface area contributed by atoms with Crippen LogP contribution in [0.5, 0.6) is 5.75 Å². The average Bonchev–Trinajstić information content (AvgIpc) is 3.63. The first kappa shape index (κ1) is 32.3. The van der Waals surface area contributed by atoms with Crippen LogP contribution in [0.15, 0.2) is 42.9 Å². The van der Waals surface area contributed by atoms with Crippen molar-refractivity contribution in [3.63, 3.8) is 0 Å². The Hall–Kier alpha value is -4.65. The summed E-state index contributed by atoms with van der Waals surface area (Å²) in [6.07, 6.45) is 11.1. The van der Waals surface area contributed by atoms with Gasteiger partial charge in [-0.3, -0.25) is 20.4 Å². The van der Waals surface area contributed by atoms with Gasteiger partial charge in [-0.15, -0.1) is 0 Å². The molecule has 2 aliphatic rings. The molecule has 0 bridgehead atoms. The van der Waals surface area contributed by atoms with E-state index in [4.69, 9.17) is 14.2 Å². The van der Waals surface area contributed by atoms with E-state index in [0.717, 1.165) is 37.7 Å². The Kier molecular flexibility index (Phi) is 9.35. The monoisotopic (exact) mass is 645 g/mol. The lowest BCUT2D eigenvalue weighted by Gasteiger charge is -2.33. The van der Waals surface area contributed by atoms with Gasteiger partial charge in [0.2, 0.25) is 5.91 Å². The van der Waals surface area contributed by atoms with Crippen LogP contribution in [-0.4, -0.2) is 67.8 Å². The Morgan fingerprint density at radius 3 is 2.60 bits per heavy atom. The molecule has 2 N–H and O–H groups in total. The Labute approximate surface area is 273 Å². The number of nitrogens with zero attached hydrogens (tertiary/aromatic N) is 5. The van der Waals surface area contributed by atoms with Crippen molar-refractivity contribution in [1.29, 1.82) is 0 Å². The molecule has 2 fully saturated rings. The van der Waals surface area contributed by atoms with Crippen LogP contribution in [-0.2, 0) is 27.2 Å². The summed E-state index contributed by atoms with van der Waals surface area (Å²) in [6.45, 7) is 7.34. The molecule has 1 aliphatic heterocycles. The molecule has 13 nitrogen and oxygen atoms in total.